The number of aromatic amines is 1. The van der Waals surface area contributed by atoms with E-state index in [9.17, 15) is 4.79 Å². The molecule has 4 heterocycles. The van der Waals surface area contributed by atoms with E-state index in [1.807, 2.05) is 35.4 Å². The van der Waals surface area contributed by atoms with Gasteiger partial charge in [-0.2, -0.15) is 0 Å². The number of urea groups is 1. The Kier molecular flexibility index (Phi) is 5.58. The number of carbonyl (C=O) groups excluding carboxylic acids is 1. The molecule has 1 atom stereocenters. The summed E-state index contributed by atoms with van der Waals surface area (Å²) in [6, 6.07) is 18.5. The largest absolute Gasteiger partial charge is 0.361 e. The van der Waals surface area contributed by atoms with Crippen LogP contribution in [0.2, 0.25) is 0 Å². The van der Waals surface area contributed by atoms with E-state index in [1.54, 1.807) is 11.3 Å². The molecule has 0 radical (unpaired) electrons. The Morgan fingerprint density at radius 1 is 1.06 bits per heavy atom. The maximum Gasteiger partial charge on any atom is 0.317 e. The summed E-state index contributed by atoms with van der Waals surface area (Å²) in [5.41, 5.74) is 2.34. The van der Waals surface area contributed by atoms with Crippen molar-refractivity contribution < 1.29 is 4.79 Å². The molecule has 2 N–H and O–H groups in total. The van der Waals surface area contributed by atoms with Crippen LogP contribution in [0.15, 0.2) is 72.4 Å². The number of H-pyrrole nitrogens is 1. The van der Waals surface area contributed by atoms with Gasteiger partial charge in [0.15, 0.2) is 0 Å². The number of amides is 2. The molecule has 0 aliphatic carbocycles. The first kappa shape index (κ1) is 19.6. The Labute approximate surface area is 185 Å². The highest BCUT2D eigenvalue weighted by Gasteiger charge is 2.24. The molecule has 2 amide bonds. The molecular formula is C24H25N5OS. The Morgan fingerprint density at radius 2 is 1.90 bits per heavy atom. The zero-order chi connectivity index (χ0) is 21.0. The number of nitrogens with one attached hydrogen (secondary N) is 2. The Hall–Kier alpha value is -3.32. The van der Waals surface area contributed by atoms with Crippen molar-refractivity contribution in [2.24, 2.45) is 0 Å². The van der Waals surface area contributed by atoms with Crippen LogP contribution in [-0.4, -0.2) is 53.6 Å². The van der Waals surface area contributed by atoms with Gasteiger partial charge in [0.1, 0.15) is 5.82 Å². The number of thiophene rings is 1. The van der Waals surface area contributed by atoms with Gasteiger partial charge < -0.3 is 20.1 Å². The van der Waals surface area contributed by atoms with Crippen molar-refractivity contribution in [3.63, 3.8) is 0 Å². The van der Waals surface area contributed by atoms with E-state index < -0.39 is 0 Å². The summed E-state index contributed by atoms with van der Waals surface area (Å²) in [6.45, 7) is 3.54. The molecule has 1 aliphatic rings. The summed E-state index contributed by atoms with van der Waals surface area (Å²) in [5, 5.41) is 6.49. The van der Waals surface area contributed by atoms with E-state index in [0.29, 0.717) is 19.6 Å². The third-order valence-electron chi connectivity index (χ3n) is 5.88. The standard InChI is InChI=1S/C24H25N5OS/c30-24(29-13-11-28(12-14-29)23-9-3-4-10-25-23)27-17-20(22-8-5-15-31-22)19-16-26-21-7-2-1-6-18(19)21/h1-10,15-16,20,26H,11-14,17H2,(H,27,30)/t20-/m1/s1. The third kappa shape index (κ3) is 4.14. The molecule has 6 nitrogen and oxygen atoms in total. The van der Waals surface area contributed by atoms with Crippen molar-refractivity contribution >= 4 is 34.1 Å². The van der Waals surface area contributed by atoms with E-state index in [4.69, 9.17) is 0 Å². The molecule has 1 fully saturated rings. The van der Waals surface area contributed by atoms with Gasteiger partial charge in [0.05, 0.1) is 0 Å². The number of piperazine rings is 1. The number of fused-ring (bicyclic) bond motifs is 1. The maximum absolute atomic E-state index is 12.9. The van der Waals surface area contributed by atoms with Gasteiger partial charge in [-0.25, -0.2) is 9.78 Å². The summed E-state index contributed by atoms with van der Waals surface area (Å²) in [4.78, 5) is 26.1. The van der Waals surface area contributed by atoms with E-state index in [1.165, 1.54) is 15.8 Å². The molecule has 4 aromatic rings. The lowest BCUT2D eigenvalue weighted by molar-refractivity contribution is 0.194. The van der Waals surface area contributed by atoms with Crippen LogP contribution in [0, 0.1) is 0 Å². The zero-order valence-corrected chi connectivity index (χ0v) is 18.0. The minimum Gasteiger partial charge on any atom is -0.361 e. The van der Waals surface area contributed by atoms with E-state index in [-0.39, 0.29) is 11.9 Å². The Morgan fingerprint density at radius 3 is 2.68 bits per heavy atom. The number of nitrogens with zero attached hydrogens (tertiary/aromatic N) is 3. The molecule has 0 unspecified atom stereocenters. The predicted molar refractivity (Wildman–Crippen MR) is 126 cm³/mol. The van der Waals surface area contributed by atoms with Gasteiger partial charge in [0.25, 0.3) is 0 Å². The third-order valence-corrected chi connectivity index (χ3v) is 6.87. The highest BCUT2D eigenvalue weighted by Crippen LogP contribution is 2.32. The molecule has 3 aromatic heterocycles. The average Bonchev–Trinajstić information content (AvgIpc) is 3.51. The van der Waals surface area contributed by atoms with Gasteiger partial charge in [-0.1, -0.05) is 30.3 Å². The van der Waals surface area contributed by atoms with Gasteiger partial charge in [-0.15, -0.1) is 11.3 Å². The molecule has 31 heavy (non-hydrogen) atoms. The number of hydrogen-bond acceptors (Lipinski definition) is 4. The van der Waals surface area contributed by atoms with Crippen LogP contribution in [0.3, 0.4) is 0 Å². The molecule has 0 spiro atoms. The number of benzene rings is 1. The van der Waals surface area contributed by atoms with E-state index in [2.05, 4.69) is 62.1 Å². The molecule has 7 heteroatoms. The zero-order valence-electron chi connectivity index (χ0n) is 17.2. The first-order chi connectivity index (χ1) is 15.3. The summed E-state index contributed by atoms with van der Waals surface area (Å²) >= 11 is 1.73. The number of pyridine rings is 1. The molecule has 1 aliphatic heterocycles. The Balaban J connectivity index is 1.25. The SMILES string of the molecule is O=C(NC[C@@H](c1cccs1)c1c[nH]c2ccccc12)N1CCN(c2ccccn2)CC1. The number of anilines is 1. The fourth-order valence-corrected chi connectivity index (χ4v) is 5.06. The lowest BCUT2D eigenvalue weighted by atomic mass is 9.97. The normalized spacial score (nSPS) is 15.2. The fraction of sp³-hybridized carbons (Fsp3) is 0.250. The Bertz CT molecular complexity index is 1130. The van der Waals surface area contributed by atoms with Crippen molar-refractivity contribution in [2.75, 3.05) is 37.6 Å². The van der Waals surface area contributed by atoms with Gasteiger partial charge in [0, 0.05) is 66.8 Å². The number of rotatable bonds is 5. The molecule has 1 aromatic carbocycles. The second kappa shape index (κ2) is 8.81. The first-order valence-electron chi connectivity index (χ1n) is 10.6. The smallest absolute Gasteiger partial charge is 0.317 e. The molecule has 5 rings (SSSR count). The topological polar surface area (TPSA) is 64.3 Å². The summed E-state index contributed by atoms with van der Waals surface area (Å²) in [7, 11) is 0. The fourth-order valence-electron chi connectivity index (χ4n) is 4.22. The van der Waals surface area contributed by atoms with Crippen LogP contribution in [0.5, 0.6) is 0 Å². The van der Waals surface area contributed by atoms with Gasteiger partial charge in [-0.05, 0) is 35.2 Å². The van der Waals surface area contributed by atoms with Crippen molar-refractivity contribution in [1.29, 1.82) is 0 Å². The summed E-state index contributed by atoms with van der Waals surface area (Å²) < 4.78 is 0. The van der Waals surface area contributed by atoms with Gasteiger partial charge in [0.2, 0.25) is 0 Å². The van der Waals surface area contributed by atoms with Crippen LogP contribution in [0.1, 0.15) is 16.4 Å². The van der Waals surface area contributed by atoms with Crippen molar-refractivity contribution in [2.45, 2.75) is 5.92 Å². The number of hydrogen-bond donors (Lipinski definition) is 2. The van der Waals surface area contributed by atoms with Crippen LogP contribution in [0.4, 0.5) is 10.6 Å². The molecule has 1 saturated heterocycles. The second-order valence-electron chi connectivity index (χ2n) is 7.71. The highest BCUT2D eigenvalue weighted by molar-refractivity contribution is 7.10. The van der Waals surface area contributed by atoms with Crippen LogP contribution >= 0.6 is 11.3 Å². The van der Waals surface area contributed by atoms with Crippen LogP contribution in [0.25, 0.3) is 10.9 Å². The number of para-hydroxylation sites is 1. The molecular weight excluding hydrogens is 406 g/mol. The van der Waals surface area contributed by atoms with Crippen molar-refractivity contribution in [3.05, 3.63) is 82.8 Å². The highest BCUT2D eigenvalue weighted by atomic mass is 32.1. The lowest BCUT2D eigenvalue weighted by Crippen LogP contribution is -2.52. The van der Waals surface area contributed by atoms with Crippen LogP contribution < -0.4 is 10.2 Å². The van der Waals surface area contributed by atoms with Gasteiger partial charge in [-0.3, -0.25) is 0 Å². The van der Waals surface area contributed by atoms with Crippen molar-refractivity contribution in [3.8, 4) is 0 Å². The quantitative estimate of drug-likeness (QED) is 0.496. The minimum atomic E-state index is 0.00192. The summed E-state index contributed by atoms with van der Waals surface area (Å²) in [5.74, 6) is 1.09. The van der Waals surface area contributed by atoms with Crippen molar-refractivity contribution in [1.82, 2.24) is 20.2 Å². The predicted octanol–water partition coefficient (Wildman–Crippen LogP) is 4.29. The monoisotopic (exact) mass is 431 g/mol. The average molecular weight is 432 g/mol. The first-order valence-corrected chi connectivity index (χ1v) is 11.5. The summed E-state index contributed by atoms with van der Waals surface area (Å²) in [6.07, 6.45) is 3.89. The van der Waals surface area contributed by atoms with Gasteiger partial charge >= 0.3 is 6.03 Å². The molecule has 0 bridgehead atoms. The van der Waals surface area contributed by atoms with E-state index in [0.717, 1.165) is 24.4 Å². The molecule has 0 saturated carbocycles. The number of carbonyl (C=O) groups is 1. The van der Waals surface area contributed by atoms with E-state index >= 15 is 0 Å². The molecule has 158 valence electrons. The number of aromatic nitrogens is 2. The second-order valence-corrected chi connectivity index (χ2v) is 8.68. The van der Waals surface area contributed by atoms with Crippen LogP contribution in [-0.2, 0) is 0 Å². The minimum absolute atomic E-state index is 0.00192. The maximum atomic E-state index is 12.9. The lowest BCUT2D eigenvalue weighted by Gasteiger charge is -2.35.